The first-order chi connectivity index (χ1) is 6.24. The van der Waals surface area contributed by atoms with E-state index in [0.717, 1.165) is 18.9 Å². The average Bonchev–Trinajstić information content (AvgIpc) is 2.41. The number of ether oxygens (including phenoxy) is 1. The molecule has 74 valence electrons. The maximum absolute atomic E-state index is 11.5. The summed E-state index contributed by atoms with van der Waals surface area (Å²) >= 11 is 0. The van der Waals surface area contributed by atoms with Gasteiger partial charge >= 0.3 is 5.97 Å². The number of rotatable bonds is 1. The molecule has 2 rings (SSSR count). The number of nitrogens with zero attached hydrogens (tertiary/aromatic N) is 1. The second-order valence-corrected chi connectivity index (χ2v) is 4.17. The number of piperidine rings is 1. The summed E-state index contributed by atoms with van der Waals surface area (Å²) < 4.78 is 4.82. The maximum atomic E-state index is 11.5. The standard InChI is InChI=1S/C10H17NO2/c1-11-7-3-5-8(10(12)13-2)9(11)6-4-7/h7-9H,3-6H2,1-2H3/t7-,8+,9?/m0/s1. The van der Waals surface area contributed by atoms with Crippen LogP contribution in [0.3, 0.4) is 0 Å². The van der Waals surface area contributed by atoms with Crippen molar-refractivity contribution in [3.63, 3.8) is 0 Å². The van der Waals surface area contributed by atoms with Gasteiger partial charge in [-0.1, -0.05) is 0 Å². The van der Waals surface area contributed by atoms with E-state index >= 15 is 0 Å². The molecule has 3 heteroatoms. The van der Waals surface area contributed by atoms with Crippen LogP contribution < -0.4 is 0 Å². The van der Waals surface area contributed by atoms with E-state index in [-0.39, 0.29) is 11.9 Å². The molecule has 0 N–H and O–H groups in total. The molecular formula is C10H17NO2. The van der Waals surface area contributed by atoms with Crippen molar-refractivity contribution in [2.75, 3.05) is 14.2 Å². The normalized spacial score (nSPS) is 39.1. The largest absolute Gasteiger partial charge is 0.469 e. The fourth-order valence-corrected chi connectivity index (χ4v) is 2.86. The van der Waals surface area contributed by atoms with Gasteiger partial charge in [0.25, 0.3) is 0 Å². The Morgan fingerprint density at radius 2 is 2.00 bits per heavy atom. The molecule has 3 atom stereocenters. The van der Waals surface area contributed by atoms with Crippen LogP contribution in [0.2, 0.25) is 0 Å². The van der Waals surface area contributed by atoms with Gasteiger partial charge in [0, 0.05) is 12.1 Å². The lowest BCUT2D eigenvalue weighted by molar-refractivity contribution is -0.149. The lowest BCUT2D eigenvalue weighted by Crippen LogP contribution is -2.45. The zero-order chi connectivity index (χ0) is 9.42. The molecule has 0 amide bonds. The van der Waals surface area contributed by atoms with Gasteiger partial charge in [0.2, 0.25) is 0 Å². The first-order valence-corrected chi connectivity index (χ1v) is 5.04. The van der Waals surface area contributed by atoms with E-state index in [1.54, 1.807) is 0 Å². The van der Waals surface area contributed by atoms with Crippen LogP contribution >= 0.6 is 0 Å². The number of carbonyl (C=O) groups excluding carboxylic acids is 1. The molecule has 2 bridgehead atoms. The van der Waals surface area contributed by atoms with Crippen molar-refractivity contribution in [3.05, 3.63) is 0 Å². The first kappa shape index (κ1) is 9.00. The van der Waals surface area contributed by atoms with Gasteiger partial charge in [0.15, 0.2) is 0 Å². The van der Waals surface area contributed by atoms with Gasteiger partial charge in [-0.05, 0) is 32.7 Å². The Kier molecular flexibility index (Phi) is 2.28. The van der Waals surface area contributed by atoms with Gasteiger partial charge in [-0.25, -0.2) is 0 Å². The summed E-state index contributed by atoms with van der Waals surface area (Å²) in [6.45, 7) is 0. The number of esters is 1. The summed E-state index contributed by atoms with van der Waals surface area (Å²) in [5.74, 6) is 0.117. The summed E-state index contributed by atoms with van der Waals surface area (Å²) in [5, 5.41) is 0. The molecule has 0 aromatic rings. The van der Waals surface area contributed by atoms with Crippen molar-refractivity contribution >= 4 is 5.97 Å². The van der Waals surface area contributed by atoms with Gasteiger partial charge < -0.3 is 4.74 Å². The van der Waals surface area contributed by atoms with Crippen molar-refractivity contribution in [1.29, 1.82) is 0 Å². The molecule has 0 spiro atoms. The van der Waals surface area contributed by atoms with Gasteiger partial charge in [-0.3, -0.25) is 9.69 Å². The third kappa shape index (κ3) is 1.35. The van der Waals surface area contributed by atoms with Crippen LogP contribution in [0.1, 0.15) is 25.7 Å². The first-order valence-electron chi connectivity index (χ1n) is 5.04. The van der Waals surface area contributed by atoms with Crippen molar-refractivity contribution in [3.8, 4) is 0 Å². The fraction of sp³-hybridized carbons (Fsp3) is 0.900. The number of carbonyl (C=O) groups is 1. The molecule has 0 saturated carbocycles. The zero-order valence-corrected chi connectivity index (χ0v) is 8.32. The quantitative estimate of drug-likeness (QED) is 0.569. The summed E-state index contributed by atoms with van der Waals surface area (Å²) in [7, 11) is 3.63. The van der Waals surface area contributed by atoms with E-state index in [0.29, 0.717) is 6.04 Å². The predicted molar refractivity (Wildman–Crippen MR) is 49.3 cm³/mol. The average molecular weight is 183 g/mol. The van der Waals surface area contributed by atoms with Crippen molar-refractivity contribution in [2.45, 2.75) is 37.8 Å². The Morgan fingerprint density at radius 1 is 1.31 bits per heavy atom. The highest BCUT2D eigenvalue weighted by Gasteiger charge is 2.43. The second-order valence-electron chi connectivity index (χ2n) is 4.17. The summed E-state index contributed by atoms with van der Waals surface area (Å²) in [4.78, 5) is 13.8. The molecular weight excluding hydrogens is 166 g/mol. The molecule has 0 aromatic carbocycles. The Bertz CT molecular complexity index is 217. The van der Waals surface area contributed by atoms with E-state index in [1.807, 2.05) is 0 Å². The fourth-order valence-electron chi connectivity index (χ4n) is 2.86. The number of methoxy groups -OCH3 is 1. The van der Waals surface area contributed by atoms with E-state index in [2.05, 4.69) is 11.9 Å². The topological polar surface area (TPSA) is 29.5 Å². The Labute approximate surface area is 79.0 Å². The highest BCUT2D eigenvalue weighted by Crippen LogP contribution is 2.38. The Hall–Kier alpha value is -0.570. The van der Waals surface area contributed by atoms with E-state index in [1.165, 1.54) is 20.0 Å². The maximum Gasteiger partial charge on any atom is 0.310 e. The number of hydrogen-bond acceptors (Lipinski definition) is 3. The lowest BCUT2D eigenvalue weighted by Gasteiger charge is -2.35. The van der Waals surface area contributed by atoms with E-state index < -0.39 is 0 Å². The number of fused-ring (bicyclic) bond motifs is 2. The van der Waals surface area contributed by atoms with Crippen LogP contribution in [-0.4, -0.2) is 37.1 Å². The Balaban J connectivity index is 2.10. The third-order valence-corrected chi connectivity index (χ3v) is 3.67. The van der Waals surface area contributed by atoms with Gasteiger partial charge in [-0.2, -0.15) is 0 Å². The molecule has 2 saturated heterocycles. The molecule has 3 nitrogen and oxygen atoms in total. The van der Waals surface area contributed by atoms with Crippen molar-refractivity contribution in [2.24, 2.45) is 5.92 Å². The molecule has 0 radical (unpaired) electrons. The van der Waals surface area contributed by atoms with Crippen LogP contribution in [0.15, 0.2) is 0 Å². The molecule has 2 aliphatic heterocycles. The molecule has 0 aliphatic carbocycles. The van der Waals surface area contributed by atoms with E-state index in [9.17, 15) is 4.79 Å². The highest BCUT2D eigenvalue weighted by molar-refractivity contribution is 5.73. The molecule has 2 heterocycles. The monoisotopic (exact) mass is 183 g/mol. The molecule has 13 heavy (non-hydrogen) atoms. The molecule has 2 aliphatic rings. The van der Waals surface area contributed by atoms with Crippen molar-refractivity contribution < 1.29 is 9.53 Å². The lowest BCUT2D eigenvalue weighted by atomic mass is 9.91. The minimum atomic E-state index is -0.0165. The third-order valence-electron chi connectivity index (χ3n) is 3.67. The molecule has 1 unspecified atom stereocenters. The summed E-state index contributed by atoms with van der Waals surface area (Å²) in [5.41, 5.74) is 0. The summed E-state index contributed by atoms with van der Waals surface area (Å²) in [6.07, 6.45) is 4.61. The molecule has 0 aromatic heterocycles. The second kappa shape index (κ2) is 3.29. The van der Waals surface area contributed by atoms with Gasteiger partial charge in [0.1, 0.15) is 0 Å². The highest BCUT2D eigenvalue weighted by atomic mass is 16.5. The zero-order valence-electron chi connectivity index (χ0n) is 8.32. The summed E-state index contributed by atoms with van der Waals surface area (Å²) in [6, 6.07) is 1.18. The van der Waals surface area contributed by atoms with Crippen LogP contribution in [0.25, 0.3) is 0 Å². The predicted octanol–water partition coefficient (Wildman–Crippen LogP) is 1.03. The minimum Gasteiger partial charge on any atom is -0.469 e. The van der Waals surface area contributed by atoms with E-state index in [4.69, 9.17) is 4.74 Å². The molecule has 2 fully saturated rings. The SMILES string of the molecule is COC(=O)[C@@H]1CC[C@H]2CCC1N2C. The van der Waals surface area contributed by atoms with Crippen LogP contribution in [0, 0.1) is 5.92 Å². The van der Waals surface area contributed by atoms with Gasteiger partial charge in [-0.15, -0.1) is 0 Å². The number of hydrogen-bond donors (Lipinski definition) is 0. The van der Waals surface area contributed by atoms with Gasteiger partial charge in [0.05, 0.1) is 13.0 Å². The van der Waals surface area contributed by atoms with Crippen LogP contribution in [0.4, 0.5) is 0 Å². The smallest absolute Gasteiger partial charge is 0.310 e. The minimum absolute atomic E-state index is 0.0165. The van der Waals surface area contributed by atoms with Crippen molar-refractivity contribution in [1.82, 2.24) is 4.90 Å². The Morgan fingerprint density at radius 3 is 2.69 bits per heavy atom. The van der Waals surface area contributed by atoms with Crippen LogP contribution in [-0.2, 0) is 9.53 Å². The van der Waals surface area contributed by atoms with Crippen LogP contribution in [0.5, 0.6) is 0 Å².